The quantitative estimate of drug-likeness (QED) is 0.159. The van der Waals surface area contributed by atoms with Crippen molar-refractivity contribution in [1.82, 2.24) is 15.0 Å². The third kappa shape index (κ3) is 5.71. The van der Waals surface area contributed by atoms with Crippen LogP contribution in [-0.4, -0.2) is 15.0 Å². The molecule has 0 spiro atoms. The monoisotopic (exact) mass is 738 g/mol. The fourth-order valence-electron chi connectivity index (χ4n) is 7.54. The van der Waals surface area contributed by atoms with Crippen molar-refractivity contribution in [2.45, 2.75) is 0 Å². The standard InChI is InChI=1S/C49H30N4S2/c1-2-8-37-30-50-45(29-33(37)7-1)36-19-25-41-34(27-36)13-14-35-28-40(24-26-42(35)41)53(38-20-15-31(16-21-38)48-51-43-9-3-5-11-46(43)54-48)39-22-17-32(18-23-39)49-52-44-10-4-6-12-47(44)55-49/h1-30H. The van der Waals surface area contributed by atoms with E-state index in [0.29, 0.717) is 0 Å². The average Bonchev–Trinajstić information content (AvgIpc) is 3.89. The summed E-state index contributed by atoms with van der Waals surface area (Å²) in [6.07, 6.45) is 1.96. The van der Waals surface area contributed by atoms with Crippen LogP contribution in [0.3, 0.4) is 0 Å². The Morgan fingerprint density at radius 1 is 0.382 bits per heavy atom. The smallest absolute Gasteiger partial charge is 0.124 e. The Morgan fingerprint density at radius 2 is 0.891 bits per heavy atom. The predicted molar refractivity (Wildman–Crippen MR) is 234 cm³/mol. The molecule has 0 fully saturated rings. The molecule has 3 heterocycles. The van der Waals surface area contributed by atoms with E-state index in [0.717, 1.165) is 65.9 Å². The summed E-state index contributed by atoms with van der Waals surface area (Å²) in [6.45, 7) is 0. The molecule has 0 aliphatic rings. The van der Waals surface area contributed by atoms with Crippen molar-refractivity contribution in [1.29, 1.82) is 0 Å². The molecule has 6 heteroatoms. The van der Waals surface area contributed by atoms with Crippen molar-refractivity contribution in [2.24, 2.45) is 0 Å². The van der Waals surface area contributed by atoms with Crippen LogP contribution in [0.25, 0.3) is 85.2 Å². The number of fused-ring (bicyclic) bond motifs is 6. The minimum absolute atomic E-state index is 0.981. The summed E-state index contributed by atoms with van der Waals surface area (Å²) in [5.41, 5.74) is 9.62. The maximum atomic E-state index is 4.92. The summed E-state index contributed by atoms with van der Waals surface area (Å²) >= 11 is 3.45. The zero-order valence-electron chi connectivity index (χ0n) is 29.4. The highest BCUT2D eigenvalue weighted by molar-refractivity contribution is 7.22. The molecular formula is C49H30N4S2. The molecule has 0 unspecified atom stereocenters. The van der Waals surface area contributed by atoms with Crippen molar-refractivity contribution in [2.75, 3.05) is 4.90 Å². The molecule has 0 atom stereocenters. The first kappa shape index (κ1) is 31.8. The van der Waals surface area contributed by atoms with Gasteiger partial charge in [0.1, 0.15) is 10.0 Å². The van der Waals surface area contributed by atoms with Crippen molar-refractivity contribution in [3.63, 3.8) is 0 Å². The van der Waals surface area contributed by atoms with E-state index in [1.807, 2.05) is 18.3 Å². The Labute approximate surface area is 325 Å². The van der Waals surface area contributed by atoms with E-state index in [-0.39, 0.29) is 0 Å². The molecule has 11 rings (SSSR count). The second kappa shape index (κ2) is 13.0. The number of benzene rings is 8. The van der Waals surface area contributed by atoms with Gasteiger partial charge in [-0.15, -0.1) is 22.7 Å². The van der Waals surface area contributed by atoms with Crippen LogP contribution in [0, 0.1) is 0 Å². The molecule has 0 saturated carbocycles. The van der Waals surface area contributed by atoms with Crippen molar-refractivity contribution in [3.05, 3.63) is 182 Å². The number of para-hydroxylation sites is 2. The summed E-state index contributed by atoms with van der Waals surface area (Å²) in [4.78, 5) is 17.0. The maximum absolute atomic E-state index is 4.92. The largest absolute Gasteiger partial charge is 0.310 e. The molecule has 0 amide bonds. The summed E-state index contributed by atoms with van der Waals surface area (Å²) < 4.78 is 2.39. The molecule has 11 aromatic rings. The molecule has 0 aliphatic carbocycles. The number of aromatic nitrogens is 3. The number of pyridine rings is 1. The Hall–Kier alpha value is -6.73. The van der Waals surface area contributed by atoms with Crippen molar-refractivity contribution >= 4 is 92.5 Å². The van der Waals surface area contributed by atoms with E-state index in [4.69, 9.17) is 15.0 Å². The van der Waals surface area contributed by atoms with Gasteiger partial charge < -0.3 is 4.90 Å². The lowest BCUT2D eigenvalue weighted by molar-refractivity contribution is 1.29. The average molecular weight is 739 g/mol. The van der Waals surface area contributed by atoms with Crippen molar-refractivity contribution < 1.29 is 0 Å². The number of rotatable bonds is 6. The van der Waals surface area contributed by atoms with Crippen LogP contribution >= 0.6 is 22.7 Å². The highest BCUT2D eigenvalue weighted by atomic mass is 32.1. The Balaban J connectivity index is 0.984. The van der Waals surface area contributed by atoms with Crippen LogP contribution < -0.4 is 4.90 Å². The fraction of sp³-hybridized carbons (Fsp3) is 0. The molecule has 0 bridgehead atoms. The van der Waals surface area contributed by atoms with E-state index in [2.05, 4.69) is 169 Å². The molecule has 258 valence electrons. The number of hydrogen-bond donors (Lipinski definition) is 0. The van der Waals surface area contributed by atoms with Crippen LogP contribution in [0.2, 0.25) is 0 Å². The van der Waals surface area contributed by atoms with E-state index in [9.17, 15) is 0 Å². The van der Waals surface area contributed by atoms with Gasteiger partial charge in [-0.1, -0.05) is 78.9 Å². The molecular weight excluding hydrogens is 709 g/mol. The van der Waals surface area contributed by atoms with Gasteiger partial charge in [-0.2, -0.15) is 0 Å². The SMILES string of the molecule is c1ccc2cc(-c3ccc4c(ccc5cc(N(c6ccc(-c7nc8ccccc8s7)cc6)c6ccc(-c7nc8ccccc8s7)cc6)ccc54)c3)ncc2c1. The Kier molecular flexibility index (Phi) is 7.50. The van der Waals surface area contributed by atoms with Crippen LogP contribution in [0.1, 0.15) is 0 Å². The molecule has 0 saturated heterocycles. The van der Waals surface area contributed by atoms with Gasteiger partial charge in [0.25, 0.3) is 0 Å². The lowest BCUT2D eigenvalue weighted by Gasteiger charge is -2.26. The first-order valence-corrected chi connectivity index (χ1v) is 19.9. The molecule has 55 heavy (non-hydrogen) atoms. The second-order valence-electron chi connectivity index (χ2n) is 13.7. The molecule has 0 aliphatic heterocycles. The number of nitrogens with zero attached hydrogens (tertiary/aromatic N) is 4. The van der Waals surface area contributed by atoms with Gasteiger partial charge in [0.05, 0.1) is 26.1 Å². The van der Waals surface area contributed by atoms with Gasteiger partial charge in [-0.05, 0) is 124 Å². The van der Waals surface area contributed by atoms with Gasteiger partial charge in [0, 0.05) is 45.3 Å². The minimum atomic E-state index is 0.981. The lowest BCUT2D eigenvalue weighted by Crippen LogP contribution is -2.09. The van der Waals surface area contributed by atoms with Crippen molar-refractivity contribution in [3.8, 4) is 32.4 Å². The molecule has 4 nitrogen and oxygen atoms in total. The minimum Gasteiger partial charge on any atom is -0.310 e. The van der Waals surface area contributed by atoms with Crippen LogP contribution in [-0.2, 0) is 0 Å². The summed E-state index contributed by atoms with van der Waals surface area (Å²) in [7, 11) is 0. The van der Waals surface area contributed by atoms with E-state index >= 15 is 0 Å². The second-order valence-corrected chi connectivity index (χ2v) is 15.8. The molecule has 8 aromatic carbocycles. The van der Waals surface area contributed by atoms with Gasteiger partial charge in [0.15, 0.2) is 0 Å². The fourth-order valence-corrected chi connectivity index (χ4v) is 9.49. The zero-order valence-corrected chi connectivity index (χ0v) is 31.1. The zero-order chi connectivity index (χ0) is 36.3. The summed E-state index contributed by atoms with van der Waals surface area (Å²) in [5.74, 6) is 0. The molecule has 3 aromatic heterocycles. The Morgan fingerprint density at radius 3 is 1.51 bits per heavy atom. The molecule has 0 N–H and O–H groups in total. The summed E-state index contributed by atoms with van der Waals surface area (Å²) in [5, 5.41) is 9.21. The topological polar surface area (TPSA) is 41.9 Å². The third-order valence-corrected chi connectivity index (χ3v) is 12.5. The van der Waals surface area contributed by atoms with E-state index in [1.54, 1.807) is 22.7 Å². The highest BCUT2D eigenvalue weighted by Gasteiger charge is 2.16. The maximum Gasteiger partial charge on any atom is 0.124 e. The van der Waals surface area contributed by atoms with Gasteiger partial charge in [-0.25, -0.2) is 9.97 Å². The Bertz CT molecular complexity index is 3030. The number of hydrogen-bond acceptors (Lipinski definition) is 6. The van der Waals surface area contributed by atoms with Gasteiger partial charge >= 0.3 is 0 Å². The highest BCUT2D eigenvalue weighted by Crippen LogP contribution is 2.41. The summed E-state index contributed by atoms with van der Waals surface area (Å²) in [6, 6.07) is 62.7. The normalized spacial score (nSPS) is 11.6. The third-order valence-electron chi connectivity index (χ3n) is 10.3. The van der Waals surface area contributed by atoms with Crippen LogP contribution in [0.4, 0.5) is 17.1 Å². The van der Waals surface area contributed by atoms with Gasteiger partial charge in [0.2, 0.25) is 0 Å². The van der Waals surface area contributed by atoms with E-state index in [1.165, 1.54) is 36.3 Å². The van der Waals surface area contributed by atoms with Gasteiger partial charge in [-0.3, -0.25) is 4.98 Å². The van der Waals surface area contributed by atoms with Crippen LogP contribution in [0.5, 0.6) is 0 Å². The number of anilines is 3. The first-order valence-electron chi connectivity index (χ1n) is 18.2. The predicted octanol–water partition coefficient (Wildman–Crippen LogP) is 14.2. The van der Waals surface area contributed by atoms with E-state index < -0.39 is 0 Å². The molecule has 0 radical (unpaired) electrons. The number of thiazole rings is 2. The first-order chi connectivity index (χ1) is 27.2. The van der Waals surface area contributed by atoms with Crippen LogP contribution in [0.15, 0.2) is 182 Å². The lowest BCUT2D eigenvalue weighted by atomic mass is 9.98.